The molecule has 0 spiro atoms. The van der Waals surface area contributed by atoms with Crippen molar-refractivity contribution in [2.45, 2.75) is 0 Å². The highest BCUT2D eigenvalue weighted by Gasteiger charge is 2.10. The van der Waals surface area contributed by atoms with E-state index in [2.05, 4.69) is 10.5 Å². The first-order chi connectivity index (χ1) is 13.1. The van der Waals surface area contributed by atoms with E-state index in [4.69, 9.17) is 14.2 Å². The van der Waals surface area contributed by atoms with Gasteiger partial charge in [0.25, 0.3) is 5.91 Å². The van der Waals surface area contributed by atoms with E-state index >= 15 is 0 Å². The molecule has 6 nitrogen and oxygen atoms in total. The van der Waals surface area contributed by atoms with Gasteiger partial charge >= 0.3 is 0 Å². The molecule has 6 heteroatoms. The molecule has 0 unspecified atom stereocenters. The summed E-state index contributed by atoms with van der Waals surface area (Å²) in [6.07, 6.45) is 1.60. The van der Waals surface area contributed by atoms with Crippen LogP contribution in [0.3, 0.4) is 0 Å². The van der Waals surface area contributed by atoms with Crippen molar-refractivity contribution in [3.63, 3.8) is 0 Å². The Morgan fingerprint density at radius 1 is 0.852 bits per heavy atom. The molecular formula is C21H20N2O4. The molecular weight excluding hydrogens is 344 g/mol. The fourth-order valence-corrected chi connectivity index (χ4v) is 2.66. The highest BCUT2D eigenvalue weighted by Crippen LogP contribution is 2.27. The van der Waals surface area contributed by atoms with E-state index in [-0.39, 0.29) is 5.91 Å². The Labute approximate surface area is 157 Å². The fraction of sp³-hybridized carbons (Fsp3) is 0.143. The van der Waals surface area contributed by atoms with E-state index in [9.17, 15) is 4.79 Å². The summed E-state index contributed by atoms with van der Waals surface area (Å²) >= 11 is 0. The summed E-state index contributed by atoms with van der Waals surface area (Å²) in [4.78, 5) is 12.3. The van der Waals surface area contributed by atoms with Gasteiger partial charge in [-0.2, -0.15) is 5.10 Å². The van der Waals surface area contributed by atoms with Crippen LogP contribution in [-0.4, -0.2) is 33.5 Å². The highest BCUT2D eigenvalue weighted by molar-refractivity contribution is 5.96. The van der Waals surface area contributed by atoms with Crippen LogP contribution in [-0.2, 0) is 0 Å². The van der Waals surface area contributed by atoms with Gasteiger partial charge in [-0.1, -0.05) is 18.2 Å². The van der Waals surface area contributed by atoms with Crippen LogP contribution < -0.4 is 19.6 Å². The largest absolute Gasteiger partial charge is 0.497 e. The number of hydrazone groups is 1. The molecule has 0 aliphatic heterocycles. The lowest BCUT2D eigenvalue weighted by atomic mass is 10.1. The Kier molecular flexibility index (Phi) is 5.56. The SMILES string of the molecule is COc1ccc2cc(/C=N\NC(=O)c3ccc(OC)c(OC)c3)ccc2c1. The van der Waals surface area contributed by atoms with Gasteiger partial charge in [-0.3, -0.25) is 4.79 Å². The monoisotopic (exact) mass is 364 g/mol. The predicted molar refractivity (Wildman–Crippen MR) is 105 cm³/mol. The Hall–Kier alpha value is -3.54. The molecule has 1 N–H and O–H groups in total. The molecule has 0 aromatic heterocycles. The molecule has 3 rings (SSSR count). The molecule has 0 aliphatic carbocycles. The van der Waals surface area contributed by atoms with Crippen molar-refractivity contribution in [1.82, 2.24) is 5.43 Å². The van der Waals surface area contributed by atoms with Gasteiger partial charge < -0.3 is 14.2 Å². The first-order valence-electron chi connectivity index (χ1n) is 8.28. The van der Waals surface area contributed by atoms with Crippen LogP contribution in [0.15, 0.2) is 59.7 Å². The topological polar surface area (TPSA) is 69.2 Å². The van der Waals surface area contributed by atoms with Crippen LogP contribution in [0.4, 0.5) is 0 Å². The van der Waals surface area contributed by atoms with Gasteiger partial charge in [0.05, 0.1) is 27.5 Å². The summed E-state index contributed by atoms with van der Waals surface area (Å²) in [5.74, 6) is 1.52. The number of nitrogens with one attached hydrogen (secondary N) is 1. The molecule has 0 heterocycles. The zero-order chi connectivity index (χ0) is 19.2. The van der Waals surface area contributed by atoms with Crippen LogP contribution in [0.2, 0.25) is 0 Å². The third-order valence-corrected chi connectivity index (χ3v) is 4.10. The zero-order valence-corrected chi connectivity index (χ0v) is 15.4. The first kappa shape index (κ1) is 18.3. The third-order valence-electron chi connectivity index (χ3n) is 4.10. The van der Waals surface area contributed by atoms with Crippen molar-refractivity contribution in [2.75, 3.05) is 21.3 Å². The lowest BCUT2D eigenvalue weighted by Crippen LogP contribution is -2.17. The summed E-state index contributed by atoms with van der Waals surface area (Å²) in [5, 5.41) is 6.17. The van der Waals surface area contributed by atoms with Crippen LogP contribution in [0.1, 0.15) is 15.9 Å². The minimum absolute atomic E-state index is 0.335. The van der Waals surface area contributed by atoms with E-state index in [1.54, 1.807) is 38.6 Å². The molecule has 0 bridgehead atoms. The van der Waals surface area contributed by atoms with E-state index in [0.29, 0.717) is 17.1 Å². The second-order valence-corrected chi connectivity index (χ2v) is 5.74. The van der Waals surface area contributed by atoms with Crippen molar-refractivity contribution >= 4 is 22.9 Å². The molecule has 0 radical (unpaired) electrons. The third kappa shape index (κ3) is 4.17. The summed E-state index contributed by atoms with van der Waals surface area (Å²) in [6, 6.07) is 16.7. The number of carbonyl (C=O) groups is 1. The number of methoxy groups -OCH3 is 3. The lowest BCUT2D eigenvalue weighted by Gasteiger charge is -2.08. The van der Waals surface area contributed by atoms with Gasteiger partial charge in [0, 0.05) is 5.56 Å². The normalized spacial score (nSPS) is 10.8. The van der Waals surface area contributed by atoms with E-state index in [0.717, 1.165) is 22.1 Å². The molecule has 0 saturated carbocycles. The number of nitrogens with zero attached hydrogens (tertiary/aromatic N) is 1. The molecule has 0 saturated heterocycles. The Morgan fingerprint density at radius 3 is 2.33 bits per heavy atom. The molecule has 3 aromatic carbocycles. The summed E-state index contributed by atoms with van der Waals surface area (Å²) in [6.45, 7) is 0. The maximum atomic E-state index is 12.3. The number of fused-ring (bicyclic) bond motifs is 1. The van der Waals surface area contributed by atoms with E-state index in [1.165, 1.54) is 7.11 Å². The maximum absolute atomic E-state index is 12.3. The number of carbonyl (C=O) groups excluding carboxylic acids is 1. The van der Waals surface area contributed by atoms with Crippen molar-refractivity contribution in [1.29, 1.82) is 0 Å². The predicted octanol–water partition coefficient (Wildman–Crippen LogP) is 3.63. The number of hydrogen-bond donors (Lipinski definition) is 1. The zero-order valence-electron chi connectivity index (χ0n) is 15.4. The summed E-state index contributed by atoms with van der Waals surface area (Å²) < 4.78 is 15.6. The molecule has 138 valence electrons. The van der Waals surface area contributed by atoms with Crippen molar-refractivity contribution in [2.24, 2.45) is 5.10 Å². The Balaban J connectivity index is 1.71. The second-order valence-electron chi connectivity index (χ2n) is 5.74. The number of amides is 1. The van der Waals surface area contributed by atoms with Crippen LogP contribution in [0, 0.1) is 0 Å². The fourth-order valence-electron chi connectivity index (χ4n) is 2.66. The molecule has 0 atom stereocenters. The number of hydrogen-bond acceptors (Lipinski definition) is 5. The number of ether oxygens (including phenoxy) is 3. The molecule has 3 aromatic rings. The molecule has 1 amide bonds. The van der Waals surface area contributed by atoms with Crippen molar-refractivity contribution < 1.29 is 19.0 Å². The van der Waals surface area contributed by atoms with Gasteiger partial charge in [0.1, 0.15) is 5.75 Å². The van der Waals surface area contributed by atoms with Crippen LogP contribution in [0.25, 0.3) is 10.8 Å². The van der Waals surface area contributed by atoms with Gasteiger partial charge in [-0.25, -0.2) is 5.43 Å². The average Bonchev–Trinajstić information content (AvgIpc) is 2.72. The first-order valence-corrected chi connectivity index (χ1v) is 8.28. The number of benzene rings is 3. The lowest BCUT2D eigenvalue weighted by molar-refractivity contribution is 0.0954. The standard InChI is InChI=1S/C21H20N2O4/c1-25-18-8-6-15-10-14(4-5-16(15)11-18)13-22-23-21(24)17-7-9-19(26-2)20(12-17)27-3/h4-13H,1-3H3,(H,23,24)/b22-13-. The molecule has 27 heavy (non-hydrogen) atoms. The van der Waals surface area contributed by atoms with Gasteiger partial charge in [0.2, 0.25) is 0 Å². The minimum Gasteiger partial charge on any atom is -0.497 e. The van der Waals surface area contributed by atoms with Gasteiger partial charge in [-0.15, -0.1) is 0 Å². The molecule has 0 aliphatic rings. The van der Waals surface area contributed by atoms with Gasteiger partial charge in [-0.05, 0) is 52.7 Å². The number of rotatable bonds is 6. The van der Waals surface area contributed by atoms with E-state index in [1.807, 2.05) is 36.4 Å². The second kappa shape index (κ2) is 8.23. The Morgan fingerprint density at radius 2 is 1.59 bits per heavy atom. The van der Waals surface area contributed by atoms with Gasteiger partial charge in [0.15, 0.2) is 11.5 Å². The summed E-state index contributed by atoms with van der Waals surface area (Å²) in [5.41, 5.74) is 3.82. The van der Waals surface area contributed by atoms with Crippen molar-refractivity contribution in [3.05, 3.63) is 65.7 Å². The van der Waals surface area contributed by atoms with Crippen molar-refractivity contribution in [3.8, 4) is 17.2 Å². The summed E-state index contributed by atoms with van der Waals surface area (Å²) in [7, 11) is 4.71. The smallest absolute Gasteiger partial charge is 0.271 e. The van der Waals surface area contributed by atoms with Crippen LogP contribution >= 0.6 is 0 Å². The minimum atomic E-state index is -0.335. The highest BCUT2D eigenvalue weighted by atomic mass is 16.5. The average molecular weight is 364 g/mol. The quantitative estimate of drug-likeness (QED) is 0.536. The van der Waals surface area contributed by atoms with Crippen LogP contribution in [0.5, 0.6) is 17.2 Å². The van der Waals surface area contributed by atoms with E-state index < -0.39 is 0 Å². The Bertz CT molecular complexity index is 999. The maximum Gasteiger partial charge on any atom is 0.271 e. The molecule has 0 fully saturated rings.